The van der Waals surface area contributed by atoms with Crippen molar-refractivity contribution in [3.8, 4) is 28.1 Å². The number of methoxy groups -OCH3 is 1. The van der Waals surface area contributed by atoms with Crippen molar-refractivity contribution in [1.82, 2.24) is 19.8 Å². The Kier molecular flexibility index (Phi) is 6.07. The lowest BCUT2D eigenvalue weighted by atomic mass is 9.85. The number of hydrogen-bond acceptors (Lipinski definition) is 7. The van der Waals surface area contributed by atoms with E-state index in [4.69, 9.17) is 10.5 Å². The van der Waals surface area contributed by atoms with Crippen LogP contribution in [0.1, 0.15) is 19.3 Å². The second-order valence-corrected chi connectivity index (χ2v) is 8.51. The zero-order valence-electron chi connectivity index (χ0n) is 19.7. The average Bonchev–Trinajstić information content (AvgIpc) is 3.24. The fourth-order valence-corrected chi connectivity index (χ4v) is 4.15. The summed E-state index contributed by atoms with van der Waals surface area (Å²) in [6, 6.07) is 12.8. The highest BCUT2D eigenvalue weighted by Gasteiger charge is 2.26. The monoisotopic (exact) mass is 483 g/mol. The summed E-state index contributed by atoms with van der Waals surface area (Å²) in [4.78, 5) is 28.3. The highest BCUT2D eigenvalue weighted by Crippen LogP contribution is 2.40. The third-order valence-corrected chi connectivity index (χ3v) is 6.30. The molecule has 0 radical (unpaired) electrons. The summed E-state index contributed by atoms with van der Waals surface area (Å²) in [7, 11) is 1.56. The highest BCUT2D eigenvalue weighted by atomic mass is 16.5. The molecule has 5 rings (SSSR count). The van der Waals surface area contributed by atoms with Crippen LogP contribution in [0.3, 0.4) is 0 Å². The van der Waals surface area contributed by atoms with E-state index in [1.165, 1.54) is 17.0 Å². The van der Waals surface area contributed by atoms with E-state index < -0.39 is 0 Å². The molecule has 0 spiro atoms. The van der Waals surface area contributed by atoms with Gasteiger partial charge in [0.05, 0.1) is 12.8 Å². The minimum Gasteiger partial charge on any atom is -0.495 e. The fraction of sp³-hybridized carbons (Fsp3) is 0.192. The smallest absolute Gasteiger partial charge is 0.247 e. The lowest BCUT2D eigenvalue weighted by Gasteiger charge is -2.24. The Morgan fingerprint density at radius 2 is 1.89 bits per heavy atom. The maximum Gasteiger partial charge on any atom is 0.247 e. The number of ether oxygens (including phenoxy) is 1. The molecule has 4 aromatic rings. The summed E-state index contributed by atoms with van der Waals surface area (Å²) in [6.07, 6.45) is 5.45. The number of nitrogens with one attached hydrogen (secondary N) is 2. The first-order valence-corrected chi connectivity index (χ1v) is 11.5. The Labute approximate surface area is 207 Å². The molecule has 2 aromatic heterocycles. The van der Waals surface area contributed by atoms with Gasteiger partial charge < -0.3 is 21.1 Å². The molecular weight excluding hydrogens is 458 g/mol. The molecule has 2 aromatic carbocycles. The SMILES string of the molecule is C=CC(=O)Nc1ccc(-c2nn3ncnc(N)c3c2-c2ccc(NC(=O)C3CCC3)c(OC)c2)cc1. The number of aromatic nitrogens is 4. The number of nitrogens with two attached hydrogens (primary N) is 1. The van der Waals surface area contributed by atoms with Gasteiger partial charge in [-0.05, 0) is 48.7 Å². The third-order valence-electron chi connectivity index (χ3n) is 6.30. The molecule has 0 saturated heterocycles. The third kappa shape index (κ3) is 4.24. The van der Waals surface area contributed by atoms with E-state index in [0.29, 0.717) is 33.9 Å². The van der Waals surface area contributed by atoms with Gasteiger partial charge in [0.25, 0.3) is 0 Å². The number of amides is 2. The second-order valence-electron chi connectivity index (χ2n) is 8.51. The summed E-state index contributed by atoms with van der Waals surface area (Å²) >= 11 is 0. The maximum absolute atomic E-state index is 12.5. The quantitative estimate of drug-likeness (QED) is 0.339. The Morgan fingerprint density at radius 3 is 2.56 bits per heavy atom. The number of carbonyl (C=O) groups excluding carboxylic acids is 2. The number of nitrogen functional groups attached to an aromatic ring is 1. The van der Waals surface area contributed by atoms with Gasteiger partial charge >= 0.3 is 0 Å². The zero-order chi connectivity index (χ0) is 25.2. The largest absolute Gasteiger partial charge is 0.495 e. The lowest BCUT2D eigenvalue weighted by Crippen LogP contribution is -2.28. The van der Waals surface area contributed by atoms with Crippen molar-refractivity contribution in [1.29, 1.82) is 0 Å². The first-order valence-electron chi connectivity index (χ1n) is 11.5. The summed E-state index contributed by atoms with van der Waals surface area (Å²) < 4.78 is 7.06. The van der Waals surface area contributed by atoms with E-state index in [1.807, 2.05) is 30.3 Å². The average molecular weight is 484 g/mol. The Hall–Kier alpha value is -4.73. The molecule has 0 aliphatic heterocycles. The lowest BCUT2D eigenvalue weighted by molar-refractivity contribution is -0.122. The van der Waals surface area contributed by atoms with Crippen molar-refractivity contribution in [2.45, 2.75) is 19.3 Å². The van der Waals surface area contributed by atoms with Gasteiger partial charge in [-0.25, -0.2) is 4.98 Å². The van der Waals surface area contributed by atoms with Gasteiger partial charge in [-0.1, -0.05) is 31.2 Å². The molecule has 10 heteroatoms. The van der Waals surface area contributed by atoms with Crippen LogP contribution in [0.4, 0.5) is 17.2 Å². The van der Waals surface area contributed by atoms with Gasteiger partial charge in [-0.3, -0.25) is 9.59 Å². The molecule has 36 heavy (non-hydrogen) atoms. The van der Waals surface area contributed by atoms with Crippen molar-refractivity contribution < 1.29 is 14.3 Å². The van der Waals surface area contributed by atoms with Crippen molar-refractivity contribution in [2.24, 2.45) is 5.92 Å². The molecule has 1 saturated carbocycles. The van der Waals surface area contributed by atoms with Gasteiger partial charge in [0.2, 0.25) is 11.8 Å². The van der Waals surface area contributed by atoms with Crippen molar-refractivity contribution >= 4 is 34.5 Å². The van der Waals surface area contributed by atoms with Crippen LogP contribution in [0, 0.1) is 5.92 Å². The maximum atomic E-state index is 12.5. The van der Waals surface area contributed by atoms with Gasteiger partial charge in [-0.15, -0.1) is 14.8 Å². The minimum atomic E-state index is -0.296. The molecule has 10 nitrogen and oxygen atoms in total. The first-order chi connectivity index (χ1) is 17.5. The molecule has 2 amide bonds. The van der Waals surface area contributed by atoms with E-state index in [2.05, 4.69) is 32.4 Å². The molecule has 1 aliphatic rings. The van der Waals surface area contributed by atoms with E-state index in [0.717, 1.165) is 30.4 Å². The molecule has 0 unspecified atom stereocenters. The van der Waals surface area contributed by atoms with Crippen LogP contribution in [0.25, 0.3) is 27.9 Å². The summed E-state index contributed by atoms with van der Waals surface area (Å²) in [6.45, 7) is 3.47. The topological polar surface area (TPSA) is 137 Å². The van der Waals surface area contributed by atoms with Crippen molar-refractivity contribution in [3.63, 3.8) is 0 Å². The van der Waals surface area contributed by atoms with Gasteiger partial charge in [0.15, 0.2) is 5.82 Å². The Morgan fingerprint density at radius 1 is 1.14 bits per heavy atom. The number of hydrogen-bond donors (Lipinski definition) is 3. The predicted molar refractivity (Wildman–Crippen MR) is 137 cm³/mol. The number of nitrogens with zero attached hydrogens (tertiary/aromatic N) is 4. The highest BCUT2D eigenvalue weighted by molar-refractivity contribution is 6.00. The number of fused-ring (bicyclic) bond motifs is 1. The Balaban J connectivity index is 1.58. The number of benzene rings is 2. The molecule has 4 N–H and O–H groups in total. The fourth-order valence-electron chi connectivity index (χ4n) is 4.15. The molecule has 0 atom stereocenters. The molecular formula is C26H25N7O3. The van der Waals surface area contributed by atoms with E-state index in [9.17, 15) is 9.59 Å². The summed E-state index contributed by atoms with van der Waals surface area (Å²) in [5, 5.41) is 14.6. The van der Waals surface area contributed by atoms with Crippen LogP contribution in [-0.4, -0.2) is 38.7 Å². The number of rotatable bonds is 7. The van der Waals surface area contributed by atoms with Crippen molar-refractivity contribution in [2.75, 3.05) is 23.5 Å². The van der Waals surface area contributed by atoms with Crippen LogP contribution in [0.15, 0.2) is 61.4 Å². The summed E-state index contributed by atoms with van der Waals surface area (Å²) in [5.74, 6) is 0.552. The molecule has 182 valence electrons. The predicted octanol–water partition coefficient (Wildman–Crippen LogP) is 3.91. The van der Waals surface area contributed by atoms with Crippen molar-refractivity contribution in [3.05, 3.63) is 61.4 Å². The zero-order valence-corrected chi connectivity index (χ0v) is 19.7. The van der Waals surface area contributed by atoms with Crippen LogP contribution in [-0.2, 0) is 9.59 Å². The van der Waals surface area contributed by atoms with Crippen LogP contribution in [0.5, 0.6) is 5.75 Å². The van der Waals surface area contributed by atoms with Crippen LogP contribution >= 0.6 is 0 Å². The van der Waals surface area contributed by atoms with Gasteiger partial charge in [-0.2, -0.15) is 0 Å². The van der Waals surface area contributed by atoms with Gasteiger partial charge in [0.1, 0.15) is 23.3 Å². The Bertz CT molecular complexity index is 1470. The van der Waals surface area contributed by atoms with E-state index in [1.54, 1.807) is 19.2 Å². The van der Waals surface area contributed by atoms with Crippen LogP contribution in [0.2, 0.25) is 0 Å². The normalized spacial score (nSPS) is 13.1. The van der Waals surface area contributed by atoms with Crippen LogP contribution < -0.4 is 21.1 Å². The molecule has 1 fully saturated rings. The number of carbonyl (C=O) groups is 2. The van der Waals surface area contributed by atoms with E-state index >= 15 is 0 Å². The second kappa shape index (κ2) is 9.49. The number of anilines is 3. The summed E-state index contributed by atoms with van der Waals surface area (Å²) in [5.41, 5.74) is 10.9. The van der Waals surface area contributed by atoms with Gasteiger partial charge in [0, 0.05) is 22.7 Å². The van der Waals surface area contributed by atoms with E-state index in [-0.39, 0.29) is 23.6 Å². The standard InChI is InChI=1S/C26H25N7O3/c1-3-21(34)30-18-10-7-15(8-11-18)23-22(24-25(27)28-14-29-33(24)32-23)17-9-12-19(20(13-17)36-2)31-26(35)16-5-4-6-16/h3,7-14,16H,1,4-6H2,2H3,(H,30,34)(H,31,35)(H2,27,28,29). The first kappa shape index (κ1) is 23.0. The molecule has 0 bridgehead atoms. The molecule has 2 heterocycles. The molecule has 1 aliphatic carbocycles. The minimum absolute atomic E-state index is 0.00486.